The minimum atomic E-state index is -0.0551. The number of fused-ring (bicyclic) bond motifs is 1. The Morgan fingerprint density at radius 3 is 2.31 bits per heavy atom. The highest BCUT2D eigenvalue weighted by Crippen LogP contribution is 2.29. The number of benzene rings is 3. The molecule has 128 valence electrons. The van der Waals surface area contributed by atoms with Gasteiger partial charge < -0.3 is 9.64 Å². The molecular weight excluding hydrogens is 324 g/mol. The van der Waals surface area contributed by atoms with Crippen molar-refractivity contribution < 1.29 is 9.53 Å². The molecule has 3 aromatic carbocycles. The van der Waals surface area contributed by atoms with Gasteiger partial charge in [-0.1, -0.05) is 42.5 Å². The van der Waals surface area contributed by atoms with E-state index in [4.69, 9.17) is 9.73 Å². The Morgan fingerprint density at radius 2 is 1.58 bits per heavy atom. The molecule has 4 nitrogen and oxygen atoms in total. The van der Waals surface area contributed by atoms with Crippen LogP contribution in [0.3, 0.4) is 0 Å². The van der Waals surface area contributed by atoms with Crippen LogP contribution in [0.4, 0.5) is 11.4 Å². The van der Waals surface area contributed by atoms with Crippen molar-refractivity contribution in [3.05, 3.63) is 90.0 Å². The number of carbonyl (C=O) groups excluding carboxylic acids is 1. The molecule has 1 aliphatic heterocycles. The van der Waals surface area contributed by atoms with Crippen molar-refractivity contribution >= 4 is 23.0 Å². The van der Waals surface area contributed by atoms with Crippen LogP contribution in [0.5, 0.6) is 5.75 Å². The number of hydrogen-bond donors (Lipinski definition) is 0. The van der Waals surface area contributed by atoms with E-state index in [1.165, 1.54) is 0 Å². The summed E-state index contributed by atoms with van der Waals surface area (Å²) in [7, 11) is 1.63. The van der Waals surface area contributed by atoms with Crippen LogP contribution in [0.1, 0.15) is 15.9 Å². The van der Waals surface area contributed by atoms with Gasteiger partial charge in [-0.25, -0.2) is 0 Å². The van der Waals surface area contributed by atoms with E-state index in [0.717, 1.165) is 22.7 Å². The van der Waals surface area contributed by atoms with Crippen LogP contribution in [0.2, 0.25) is 0 Å². The molecule has 4 heteroatoms. The lowest BCUT2D eigenvalue weighted by atomic mass is 10.1. The summed E-state index contributed by atoms with van der Waals surface area (Å²) in [5, 5.41) is 0. The van der Waals surface area contributed by atoms with Crippen LogP contribution >= 0.6 is 0 Å². The molecule has 1 amide bonds. The first-order valence-electron chi connectivity index (χ1n) is 8.44. The molecule has 3 aromatic rings. The highest BCUT2D eigenvalue weighted by molar-refractivity contribution is 6.17. The van der Waals surface area contributed by atoms with Crippen LogP contribution in [0.25, 0.3) is 0 Å². The summed E-state index contributed by atoms with van der Waals surface area (Å²) in [5.41, 5.74) is 3.99. The van der Waals surface area contributed by atoms with Gasteiger partial charge in [0, 0.05) is 5.69 Å². The van der Waals surface area contributed by atoms with Crippen LogP contribution in [0.15, 0.2) is 83.9 Å². The van der Waals surface area contributed by atoms with E-state index in [2.05, 4.69) is 0 Å². The Bertz CT molecular complexity index is 963. The number of methoxy groups -OCH3 is 1. The zero-order valence-corrected chi connectivity index (χ0v) is 14.4. The summed E-state index contributed by atoms with van der Waals surface area (Å²) >= 11 is 0. The first-order valence-corrected chi connectivity index (χ1v) is 8.44. The van der Waals surface area contributed by atoms with Gasteiger partial charge in [0.05, 0.1) is 30.6 Å². The number of para-hydroxylation sites is 1. The molecule has 26 heavy (non-hydrogen) atoms. The predicted molar refractivity (Wildman–Crippen MR) is 104 cm³/mol. The normalized spacial score (nSPS) is 13.7. The van der Waals surface area contributed by atoms with Crippen molar-refractivity contribution in [2.45, 2.75) is 0 Å². The minimum absolute atomic E-state index is 0.0551. The number of carbonyl (C=O) groups is 1. The van der Waals surface area contributed by atoms with E-state index in [1.807, 2.05) is 78.9 Å². The van der Waals surface area contributed by atoms with Crippen molar-refractivity contribution in [3.63, 3.8) is 0 Å². The van der Waals surface area contributed by atoms with Gasteiger partial charge in [0.1, 0.15) is 5.75 Å². The summed E-state index contributed by atoms with van der Waals surface area (Å²) < 4.78 is 5.23. The van der Waals surface area contributed by atoms with Crippen molar-refractivity contribution in [2.24, 2.45) is 4.99 Å². The second-order valence-electron chi connectivity index (χ2n) is 6.03. The standard InChI is InChI=1S/C22H18N2O2/c1-26-18-13-11-17(12-14-18)24-15-21(16-7-3-2-4-8-16)23-20-10-6-5-9-19(20)22(24)25/h2-14H,15H2,1H3. The molecule has 0 spiro atoms. The Labute approximate surface area is 152 Å². The highest BCUT2D eigenvalue weighted by atomic mass is 16.5. The van der Waals surface area contributed by atoms with Gasteiger partial charge in [-0.15, -0.1) is 0 Å². The fraction of sp³-hybridized carbons (Fsp3) is 0.0909. The maximum Gasteiger partial charge on any atom is 0.260 e. The van der Waals surface area contributed by atoms with Gasteiger partial charge in [-0.05, 0) is 42.0 Å². The monoisotopic (exact) mass is 342 g/mol. The largest absolute Gasteiger partial charge is 0.497 e. The number of ether oxygens (including phenoxy) is 1. The lowest BCUT2D eigenvalue weighted by Gasteiger charge is -2.22. The Hall–Kier alpha value is -3.40. The molecule has 0 aliphatic carbocycles. The molecule has 1 aliphatic rings. The first kappa shape index (κ1) is 16.1. The molecule has 0 atom stereocenters. The Kier molecular flexibility index (Phi) is 4.23. The van der Waals surface area contributed by atoms with Gasteiger partial charge in [0.25, 0.3) is 5.91 Å². The molecule has 0 radical (unpaired) electrons. The fourth-order valence-electron chi connectivity index (χ4n) is 3.06. The quantitative estimate of drug-likeness (QED) is 0.704. The SMILES string of the molecule is COc1ccc(N2CC(c3ccccc3)=Nc3ccccc3C2=O)cc1. The number of hydrogen-bond acceptors (Lipinski definition) is 3. The van der Waals surface area contributed by atoms with Crippen molar-refractivity contribution in [2.75, 3.05) is 18.6 Å². The summed E-state index contributed by atoms with van der Waals surface area (Å²) in [6.45, 7) is 0.407. The molecule has 0 bridgehead atoms. The molecule has 0 N–H and O–H groups in total. The number of anilines is 1. The number of aliphatic imine (C=N–C) groups is 1. The highest BCUT2D eigenvalue weighted by Gasteiger charge is 2.25. The molecule has 0 unspecified atom stereocenters. The van der Waals surface area contributed by atoms with Crippen molar-refractivity contribution in [1.82, 2.24) is 0 Å². The molecule has 0 saturated heterocycles. The van der Waals surface area contributed by atoms with E-state index in [9.17, 15) is 4.79 Å². The molecule has 0 aromatic heterocycles. The molecule has 0 fully saturated rings. The average Bonchev–Trinajstić information content (AvgIpc) is 2.86. The zero-order chi connectivity index (χ0) is 17.9. The lowest BCUT2D eigenvalue weighted by Crippen LogP contribution is -2.34. The second-order valence-corrected chi connectivity index (χ2v) is 6.03. The molecular formula is C22H18N2O2. The third-order valence-electron chi connectivity index (χ3n) is 4.43. The van der Waals surface area contributed by atoms with E-state index in [-0.39, 0.29) is 5.91 Å². The van der Waals surface area contributed by atoms with E-state index in [1.54, 1.807) is 12.0 Å². The average molecular weight is 342 g/mol. The van der Waals surface area contributed by atoms with Crippen LogP contribution in [-0.2, 0) is 0 Å². The van der Waals surface area contributed by atoms with Gasteiger partial charge in [0.15, 0.2) is 0 Å². The van der Waals surface area contributed by atoms with Crippen LogP contribution < -0.4 is 9.64 Å². The summed E-state index contributed by atoms with van der Waals surface area (Å²) in [6, 6.07) is 25.0. The molecule has 0 saturated carbocycles. The van der Waals surface area contributed by atoms with Crippen LogP contribution in [-0.4, -0.2) is 25.3 Å². The Balaban J connectivity index is 1.82. The number of nitrogens with zero attached hydrogens (tertiary/aromatic N) is 2. The molecule has 4 rings (SSSR count). The lowest BCUT2D eigenvalue weighted by molar-refractivity contribution is 0.0992. The summed E-state index contributed by atoms with van der Waals surface area (Å²) in [4.78, 5) is 19.7. The number of rotatable bonds is 3. The van der Waals surface area contributed by atoms with Gasteiger partial charge in [0.2, 0.25) is 0 Å². The van der Waals surface area contributed by atoms with E-state index >= 15 is 0 Å². The first-order chi connectivity index (χ1) is 12.8. The fourth-order valence-corrected chi connectivity index (χ4v) is 3.06. The van der Waals surface area contributed by atoms with Crippen molar-refractivity contribution in [1.29, 1.82) is 0 Å². The third-order valence-corrected chi connectivity index (χ3v) is 4.43. The summed E-state index contributed by atoms with van der Waals surface area (Å²) in [5.74, 6) is 0.703. The van der Waals surface area contributed by atoms with E-state index < -0.39 is 0 Å². The topological polar surface area (TPSA) is 41.9 Å². The van der Waals surface area contributed by atoms with Gasteiger partial charge in [-0.2, -0.15) is 0 Å². The summed E-state index contributed by atoms with van der Waals surface area (Å²) in [6.07, 6.45) is 0. The Morgan fingerprint density at radius 1 is 0.885 bits per heavy atom. The second kappa shape index (κ2) is 6.84. The van der Waals surface area contributed by atoms with Gasteiger partial charge >= 0.3 is 0 Å². The predicted octanol–water partition coefficient (Wildman–Crippen LogP) is 4.48. The minimum Gasteiger partial charge on any atom is -0.497 e. The maximum absolute atomic E-state index is 13.2. The van der Waals surface area contributed by atoms with Crippen molar-refractivity contribution in [3.8, 4) is 5.75 Å². The zero-order valence-electron chi connectivity index (χ0n) is 14.4. The van der Waals surface area contributed by atoms with E-state index in [0.29, 0.717) is 17.8 Å². The van der Waals surface area contributed by atoms with Gasteiger partial charge in [-0.3, -0.25) is 9.79 Å². The third kappa shape index (κ3) is 2.97. The van der Waals surface area contributed by atoms with Crippen LogP contribution in [0, 0.1) is 0 Å². The maximum atomic E-state index is 13.2. The number of amides is 1. The molecule has 1 heterocycles. The smallest absolute Gasteiger partial charge is 0.260 e.